The highest BCUT2D eigenvalue weighted by molar-refractivity contribution is 9.10. The predicted octanol–water partition coefficient (Wildman–Crippen LogP) is 2.13. The molecule has 112 valence electrons. The van der Waals surface area contributed by atoms with E-state index in [0.717, 1.165) is 10.0 Å². The van der Waals surface area contributed by atoms with Gasteiger partial charge in [-0.1, -0.05) is 28.1 Å². The van der Waals surface area contributed by atoms with E-state index in [1.165, 1.54) is 7.11 Å². The number of carbonyl (C=O) groups is 1. The number of methoxy groups -OCH3 is 1. The van der Waals surface area contributed by atoms with Gasteiger partial charge in [0.15, 0.2) is 5.82 Å². The maximum Gasteiger partial charge on any atom is 0.345 e. The van der Waals surface area contributed by atoms with Crippen LogP contribution in [0, 0.1) is 0 Å². The maximum absolute atomic E-state index is 11.9. The fraction of sp³-hybridized carbons (Fsp3) is 0.286. The summed E-state index contributed by atoms with van der Waals surface area (Å²) in [7, 11) is 4.93. The third kappa shape index (κ3) is 3.18. The zero-order chi connectivity index (χ0) is 15.6. The Hall–Kier alpha value is -2.02. The lowest BCUT2D eigenvalue weighted by atomic mass is 10.2. The Labute approximate surface area is 131 Å². The molecule has 1 aromatic carbocycles. The lowest BCUT2D eigenvalue weighted by Crippen LogP contribution is -2.14. The fourth-order valence-corrected chi connectivity index (χ4v) is 2.22. The highest BCUT2D eigenvalue weighted by Crippen LogP contribution is 2.25. The van der Waals surface area contributed by atoms with E-state index in [1.807, 2.05) is 24.3 Å². The lowest BCUT2D eigenvalue weighted by Gasteiger charge is -2.09. The number of hydrogen-bond acceptors (Lipinski definition) is 5. The van der Waals surface area contributed by atoms with Crippen LogP contribution in [-0.2, 0) is 11.3 Å². The van der Waals surface area contributed by atoms with Crippen molar-refractivity contribution in [1.82, 2.24) is 9.78 Å². The smallest absolute Gasteiger partial charge is 0.345 e. The molecule has 0 saturated carbocycles. The summed E-state index contributed by atoms with van der Waals surface area (Å²) in [5.74, 6) is 0.309. The van der Waals surface area contributed by atoms with Gasteiger partial charge < -0.3 is 15.4 Å². The van der Waals surface area contributed by atoms with Crippen LogP contribution in [0.3, 0.4) is 0 Å². The van der Waals surface area contributed by atoms with Crippen LogP contribution in [0.2, 0.25) is 0 Å². The van der Waals surface area contributed by atoms with Crippen LogP contribution in [0.4, 0.5) is 11.6 Å². The molecule has 0 fully saturated rings. The van der Waals surface area contributed by atoms with Crippen molar-refractivity contribution in [2.75, 3.05) is 31.8 Å². The zero-order valence-electron chi connectivity index (χ0n) is 12.1. The summed E-state index contributed by atoms with van der Waals surface area (Å²) in [6.45, 7) is 0.483. The van der Waals surface area contributed by atoms with Crippen LogP contribution in [-0.4, -0.2) is 37.0 Å². The summed E-state index contributed by atoms with van der Waals surface area (Å²) >= 11 is 3.39. The van der Waals surface area contributed by atoms with Gasteiger partial charge in [0.25, 0.3) is 0 Å². The molecule has 6 nitrogen and oxygen atoms in total. The first-order valence-corrected chi connectivity index (χ1v) is 7.09. The first-order chi connectivity index (χ1) is 9.93. The number of nitrogens with zero attached hydrogens (tertiary/aromatic N) is 3. The van der Waals surface area contributed by atoms with Crippen molar-refractivity contribution in [3.63, 3.8) is 0 Å². The van der Waals surface area contributed by atoms with Crippen molar-refractivity contribution in [2.45, 2.75) is 6.54 Å². The summed E-state index contributed by atoms with van der Waals surface area (Å²) < 4.78 is 7.39. The van der Waals surface area contributed by atoms with Crippen molar-refractivity contribution in [3.05, 3.63) is 39.9 Å². The first kappa shape index (κ1) is 15.4. The van der Waals surface area contributed by atoms with E-state index in [1.54, 1.807) is 23.7 Å². The molecule has 0 radical (unpaired) electrons. The van der Waals surface area contributed by atoms with E-state index in [0.29, 0.717) is 23.7 Å². The Kier molecular flexibility index (Phi) is 4.52. The van der Waals surface area contributed by atoms with Gasteiger partial charge in [-0.2, -0.15) is 5.10 Å². The molecule has 0 atom stereocenters. The minimum absolute atomic E-state index is 0.291. The molecule has 1 aromatic heterocycles. The van der Waals surface area contributed by atoms with E-state index >= 15 is 0 Å². The molecule has 0 saturated heterocycles. The highest BCUT2D eigenvalue weighted by atomic mass is 79.9. The molecular weight excluding hydrogens is 336 g/mol. The van der Waals surface area contributed by atoms with E-state index < -0.39 is 5.97 Å². The molecule has 2 N–H and O–H groups in total. The largest absolute Gasteiger partial charge is 0.465 e. The van der Waals surface area contributed by atoms with Gasteiger partial charge in [-0.05, 0) is 17.7 Å². The van der Waals surface area contributed by atoms with E-state index in [-0.39, 0.29) is 0 Å². The Balaban J connectivity index is 2.40. The van der Waals surface area contributed by atoms with Gasteiger partial charge in [-0.3, -0.25) is 0 Å². The van der Waals surface area contributed by atoms with E-state index in [2.05, 4.69) is 21.0 Å². The number of ether oxygens (including phenoxy) is 1. The maximum atomic E-state index is 11.9. The number of esters is 1. The molecule has 2 rings (SSSR count). The molecule has 0 unspecified atom stereocenters. The molecule has 0 spiro atoms. The minimum atomic E-state index is -0.488. The van der Waals surface area contributed by atoms with Crippen molar-refractivity contribution >= 4 is 33.5 Å². The summed E-state index contributed by atoms with van der Waals surface area (Å²) in [5, 5.41) is 4.40. The first-order valence-electron chi connectivity index (χ1n) is 6.30. The van der Waals surface area contributed by atoms with Gasteiger partial charge in [0.1, 0.15) is 11.4 Å². The molecule has 0 aliphatic heterocycles. The van der Waals surface area contributed by atoms with Crippen LogP contribution in [0.5, 0.6) is 0 Å². The minimum Gasteiger partial charge on any atom is -0.465 e. The zero-order valence-corrected chi connectivity index (χ0v) is 13.7. The number of aromatic nitrogens is 2. The number of anilines is 2. The van der Waals surface area contributed by atoms with Crippen LogP contribution in [0.1, 0.15) is 15.9 Å². The van der Waals surface area contributed by atoms with E-state index in [9.17, 15) is 4.79 Å². The van der Waals surface area contributed by atoms with Gasteiger partial charge >= 0.3 is 5.97 Å². The van der Waals surface area contributed by atoms with Crippen LogP contribution in [0.25, 0.3) is 0 Å². The van der Waals surface area contributed by atoms with E-state index in [4.69, 9.17) is 10.5 Å². The summed E-state index contributed by atoms with van der Waals surface area (Å²) in [4.78, 5) is 13.6. The average molecular weight is 353 g/mol. The summed E-state index contributed by atoms with van der Waals surface area (Å²) in [6, 6.07) is 7.84. The van der Waals surface area contributed by atoms with Gasteiger partial charge in [-0.15, -0.1) is 0 Å². The number of halogens is 1. The van der Waals surface area contributed by atoms with Gasteiger partial charge in [0, 0.05) is 18.6 Å². The molecular formula is C14H17BrN4O2. The number of hydrogen-bond donors (Lipinski definition) is 1. The molecule has 0 amide bonds. The molecule has 7 heteroatoms. The molecule has 0 aliphatic carbocycles. The highest BCUT2D eigenvalue weighted by Gasteiger charge is 2.24. The number of nitrogens with two attached hydrogens (primary N) is 1. The Morgan fingerprint density at radius 1 is 1.38 bits per heavy atom. The second-order valence-electron chi connectivity index (χ2n) is 4.75. The Bertz CT molecular complexity index is 650. The summed E-state index contributed by atoms with van der Waals surface area (Å²) in [5.41, 5.74) is 7.39. The van der Waals surface area contributed by atoms with Gasteiger partial charge in [0.05, 0.1) is 13.7 Å². The van der Waals surface area contributed by atoms with Crippen LogP contribution >= 0.6 is 15.9 Å². The summed E-state index contributed by atoms with van der Waals surface area (Å²) in [6.07, 6.45) is 0. The second kappa shape index (κ2) is 6.17. The number of benzene rings is 1. The van der Waals surface area contributed by atoms with Crippen molar-refractivity contribution in [2.24, 2.45) is 0 Å². The third-order valence-corrected chi connectivity index (χ3v) is 3.56. The molecule has 0 bridgehead atoms. The Morgan fingerprint density at radius 2 is 2.00 bits per heavy atom. The molecule has 21 heavy (non-hydrogen) atoms. The molecule has 0 aliphatic rings. The molecule has 1 heterocycles. The number of rotatable bonds is 4. The topological polar surface area (TPSA) is 73.4 Å². The predicted molar refractivity (Wildman–Crippen MR) is 85.5 cm³/mol. The Morgan fingerprint density at radius 3 is 2.52 bits per heavy atom. The normalized spacial score (nSPS) is 10.5. The fourth-order valence-electron chi connectivity index (χ4n) is 1.96. The SMILES string of the molecule is COC(=O)c1c(N(C)C)nn(Cc2ccc(Br)cc2)c1N. The van der Waals surface area contributed by atoms with Gasteiger partial charge in [-0.25, -0.2) is 9.48 Å². The number of carbonyl (C=O) groups excluding carboxylic acids is 1. The van der Waals surface area contributed by atoms with Crippen molar-refractivity contribution < 1.29 is 9.53 Å². The lowest BCUT2D eigenvalue weighted by molar-refractivity contribution is 0.0602. The average Bonchev–Trinajstić information content (AvgIpc) is 2.78. The van der Waals surface area contributed by atoms with Crippen LogP contribution < -0.4 is 10.6 Å². The quantitative estimate of drug-likeness (QED) is 0.853. The second-order valence-corrected chi connectivity index (χ2v) is 5.67. The standard InChI is InChI=1S/C14H17BrN4O2/c1-18(2)13-11(14(20)21-3)12(16)19(17-13)8-9-4-6-10(15)7-5-9/h4-7H,8,16H2,1-3H3. The van der Waals surface area contributed by atoms with Gasteiger partial charge in [0.2, 0.25) is 0 Å². The van der Waals surface area contributed by atoms with Crippen molar-refractivity contribution in [1.29, 1.82) is 0 Å². The monoisotopic (exact) mass is 352 g/mol. The number of nitrogen functional groups attached to an aromatic ring is 1. The van der Waals surface area contributed by atoms with Crippen molar-refractivity contribution in [3.8, 4) is 0 Å². The third-order valence-electron chi connectivity index (χ3n) is 3.03. The molecule has 2 aromatic rings. The van der Waals surface area contributed by atoms with Crippen LogP contribution in [0.15, 0.2) is 28.7 Å².